The van der Waals surface area contributed by atoms with Crippen LogP contribution in [0.15, 0.2) is 66.3 Å². The summed E-state index contributed by atoms with van der Waals surface area (Å²) in [5, 5.41) is 7.44. The van der Waals surface area contributed by atoms with Crippen LogP contribution in [0.2, 0.25) is 0 Å². The molecule has 0 aliphatic carbocycles. The minimum atomic E-state index is -1.32. The summed E-state index contributed by atoms with van der Waals surface area (Å²) in [6.07, 6.45) is 3.58. The number of hydrogen-bond donors (Lipinski definition) is 2. The van der Waals surface area contributed by atoms with Crippen molar-refractivity contribution in [3.8, 4) is 5.75 Å². The number of carbonyl (C=O) groups excluding carboxylic acids is 5. The van der Waals surface area contributed by atoms with Crippen LogP contribution in [0.1, 0.15) is 55.6 Å². The van der Waals surface area contributed by atoms with Gasteiger partial charge >= 0.3 is 23.9 Å². The topological polar surface area (TPSA) is 175 Å². The number of benzene rings is 2. The molecule has 0 heterocycles. The van der Waals surface area contributed by atoms with Crippen LogP contribution in [0.3, 0.4) is 0 Å². The van der Waals surface area contributed by atoms with Crippen molar-refractivity contribution in [2.75, 3.05) is 26.4 Å². The molecule has 1 unspecified atom stereocenters. The quantitative estimate of drug-likeness (QED) is 0.0762. The number of nitrogens with zero attached hydrogens (tertiary/aromatic N) is 1. The van der Waals surface area contributed by atoms with Gasteiger partial charge in [0.15, 0.2) is 0 Å². The minimum absolute atomic E-state index is 0.0200. The van der Waals surface area contributed by atoms with Gasteiger partial charge in [0.05, 0.1) is 31.8 Å². The monoisotopic (exact) mass is 607 g/mol. The fourth-order valence-corrected chi connectivity index (χ4v) is 3.86. The molecule has 0 spiro atoms. The molecule has 0 fully saturated rings. The van der Waals surface area contributed by atoms with Crippen LogP contribution >= 0.6 is 0 Å². The van der Waals surface area contributed by atoms with Crippen molar-refractivity contribution in [3.63, 3.8) is 0 Å². The highest BCUT2D eigenvalue weighted by Gasteiger charge is 2.33. The van der Waals surface area contributed by atoms with Crippen molar-refractivity contribution in [2.24, 2.45) is 5.73 Å². The number of esters is 4. The molecule has 0 bridgehead atoms. The summed E-state index contributed by atoms with van der Waals surface area (Å²) in [5.74, 6) is -3.16. The Bertz CT molecular complexity index is 1400. The first kappa shape index (κ1) is 34.9. The molecular weight excluding hydrogens is 570 g/mol. The molecule has 1 amide bonds. The van der Waals surface area contributed by atoms with Gasteiger partial charge in [-0.05, 0) is 75.7 Å². The minimum Gasteiger partial charge on any atom is -0.466 e. The van der Waals surface area contributed by atoms with Crippen molar-refractivity contribution >= 4 is 41.7 Å². The van der Waals surface area contributed by atoms with Gasteiger partial charge in [-0.1, -0.05) is 18.2 Å². The molecular formula is C32H37N3O9. The van der Waals surface area contributed by atoms with E-state index in [0.29, 0.717) is 11.1 Å². The third-order valence-electron chi connectivity index (χ3n) is 5.95. The van der Waals surface area contributed by atoms with E-state index in [0.717, 1.165) is 11.0 Å². The molecule has 1 atom stereocenters. The van der Waals surface area contributed by atoms with E-state index in [4.69, 9.17) is 30.1 Å². The number of amides is 1. The molecule has 44 heavy (non-hydrogen) atoms. The summed E-state index contributed by atoms with van der Waals surface area (Å²) in [6.45, 7) is 6.46. The lowest BCUT2D eigenvalue weighted by Crippen LogP contribution is -2.47. The highest BCUT2D eigenvalue weighted by molar-refractivity contribution is 6.00. The van der Waals surface area contributed by atoms with E-state index in [-0.39, 0.29) is 49.1 Å². The fourth-order valence-electron chi connectivity index (χ4n) is 3.86. The van der Waals surface area contributed by atoms with Crippen molar-refractivity contribution in [1.29, 1.82) is 5.41 Å². The van der Waals surface area contributed by atoms with Crippen molar-refractivity contribution in [3.05, 3.63) is 82.9 Å². The molecule has 0 radical (unpaired) electrons. The van der Waals surface area contributed by atoms with E-state index in [2.05, 4.69) is 0 Å². The van der Waals surface area contributed by atoms with E-state index < -0.39 is 42.2 Å². The second kappa shape index (κ2) is 17.6. The van der Waals surface area contributed by atoms with Gasteiger partial charge in [-0.15, -0.1) is 0 Å². The largest absolute Gasteiger partial charge is 0.466 e. The first-order valence-corrected chi connectivity index (χ1v) is 13.9. The maximum atomic E-state index is 13.6. The predicted octanol–water partition coefficient (Wildman–Crippen LogP) is 3.43. The third kappa shape index (κ3) is 10.9. The van der Waals surface area contributed by atoms with Gasteiger partial charge in [0, 0.05) is 23.8 Å². The molecule has 234 valence electrons. The van der Waals surface area contributed by atoms with Gasteiger partial charge in [-0.25, -0.2) is 14.4 Å². The molecule has 0 aromatic heterocycles. The number of rotatable bonds is 15. The van der Waals surface area contributed by atoms with E-state index in [1.807, 2.05) is 0 Å². The third-order valence-corrected chi connectivity index (χ3v) is 5.95. The molecule has 0 saturated carbocycles. The Kier molecular flexibility index (Phi) is 14.0. The van der Waals surface area contributed by atoms with Gasteiger partial charge in [0.2, 0.25) is 0 Å². The zero-order chi connectivity index (χ0) is 32.6. The average Bonchev–Trinajstić information content (AvgIpc) is 2.99. The van der Waals surface area contributed by atoms with Gasteiger partial charge in [-0.3, -0.25) is 15.0 Å². The van der Waals surface area contributed by atoms with E-state index in [1.54, 1.807) is 51.1 Å². The lowest BCUT2D eigenvalue weighted by molar-refractivity contribution is -0.158. The van der Waals surface area contributed by atoms with Crippen molar-refractivity contribution < 1.29 is 42.9 Å². The lowest BCUT2D eigenvalue weighted by atomic mass is 10.1. The SMILES string of the molecule is CCOC(=O)/C=C/CN(C(=O)/C(C)=C/c1ccc(C(=O)Oc2ccc(C(=N)N)cc2)cc1)C(CC(=O)OCC)C(=O)OCC. The maximum Gasteiger partial charge on any atom is 0.343 e. The Hall–Kier alpha value is -5.26. The summed E-state index contributed by atoms with van der Waals surface area (Å²) < 4.78 is 20.4. The number of amidine groups is 1. The summed E-state index contributed by atoms with van der Waals surface area (Å²) in [6, 6.07) is 11.1. The summed E-state index contributed by atoms with van der Waals surface area (Å²) in [7, 11) is 0. The zero-order valence-corrected chi connectivity index (χ0v) is 25.2. The van der Waals surface area contributed by atoms with Gasteiger partial charge in [0.1, 0.15) is 17.6 Å². The summed E-state index contributed by atoms with van der Waals surface area (Å²) in [5.41, 5.74) is 6.96. The fraction of sp³-hybridized carbons (Fsp3) is 0.312. The maximum absolute atomic E-state index is 13.6. The van der Waals surface area contributed by atoms with Crippen molar-refractivity contribution in [1.82, 2.24) is 4.90 Å². The Balaban J connectivity index is 2.29. The average molecular weight is 608 g/mol. The number of carbonyl (C=O) groups is 5. The molecule has 12 nitrogen and oxygen atoms in total. The number of nitrogen functional groups attached to an aromatic ring is 1. The number of nitrogens with two attached hydrogens (primary N) is 1. The lowest BCUT2D eigenvalue weighted by Gasteiger charge is -2.29. The molecule has 2 aromatic carbocycles. The highest BCUT2D eigenvalue weighted by Crippen LogP contribution is 2.18. The van der Waals surface area contributed by atoms with E-state index in [1.165, 1.54) is 37.3 Å². The Morgan fingerprint density at radius 2 is 1.45 bits per heavy atom. The molecule has 0 aliphatic rings. The second-order valence-electron chi connectivity index (χ2n) is 9.17. The summed E-state index contributed by atoms with van der Waals surface area (Å²) >= 11 is 0. The zero-order valence-electron chi connectivity index (χ0n) is 25.2. The Labute approximate surface area is 255 Å². The number of nitrogens with one attached hydrogen (secondary N) is 1. The van der Waals surface area contributed by atoms with Gasteiger partial charge < -0.3 is 29.6 Å². The molecule has 2 rings (SSSR count). The molecule has 0 saturated heterocycles. The van der Waals surface area contributed by atoms with Crippen LogP contribution < -0.4 is 10.5 Å². The highest BCUT2D eigenvalue weighted by atomic mass is 16.5. The molecule has 2 aromatic rings. The first-order valence-electron chi connectivity index (χ1n) is 13.9. The number of hydrogen-bond acceptors (Lipinski definition) is 10. The van der Waals surface area contributed by atoms with Gasteiger partial charge in [-0.2, -0.15) is 0 Å². The predicted molar refractivity (Wildman–Crippen MR) is 162 cm³/mol. The Morgan fingerprint density at radius 1 is 0.864 bits per heavy atom. The Morgan fingerprint density at radius 3 is 2.02 bits per heavy atom. The van der Waals surface area contributed by atoms with Gasteiger partial charge in [0.25, 0.3) is 5.91 Å². The first-order chi connectivity index (χ1) is 21.0. The van der Waals surface area contributed by atoms with Crippen LogP contribution in [0.5, 0.6) is 5.75 Å². The van der Waals surface area contributed by atoms with Crippen LogP contribution in [0, 0.1) is 5.41 Å². The van der Waals surface area contributed by atoms with Crippen LogP contribution in [-0.2, 0) is 33.4 Å². The smallest absolute Gasteiger partial charge is 0.343 e. The molecule has 3 N–H and O–H groups in total. The van der Waals surface area contributed by atoms with E-state index in [9.17, 15) is 24.0 Å². The normalized spacial score (nSPS) is 11.8. The standard InChI is InChI=1S/C32H37N3O9/c1-5-41-27(36)9-8-18-35(26(32(40)43-7-3)20-28(37)42-6-2)30(38)21(4)19-22-10-12-24(13-11-22)31(39)44-25-16-14-23(15-17-25)29(33)34/h8-17,19,26H,5-7,18,20H2,1-4H3,(H3,33,34)/b9-8+,21-19+. The molecule has 12 heteroatoms. The van der Waals surface area contributed by atoms with Crippen LogP contribution in [-0.4, -0.2) is 72.9 Å². The van der Waals surface area contributed by atoms with Crippen LogP contribution in [0.25, 0.3) is 6.08 Å². The van der Waals surface area contributed by atoms with Crippen LogP contribution in [0.4, 0.5) is 0 Å². The summed E-state index contributed by atoms with van der Waals surface area (Å²) in [4.78, 5) is 64.4. The van der Waals surface area contributed by atoms with Crippen molar-refractivity contribution in [2.45, 2.75) is 40.2 Å². The number of ether oxygens (including phenoxy) is 4. The second-order valence-corrected chi connectivity index (χ2v) is 9.17. The molecule has 0 aliphatic heterocycles. The van der Waals surface area contributed by atoms with E-state index >= 15 is 0 Å².